The number of aromatic amines is 1. The van der Waals surface area contributed by atoms with Crippen molar-refractivity contribution in [2.24, 2.45) is 0 Å². The molecule has 30 heavy (non-hydrogen) atoms. The van der Waals surface area contributed by atoms with Crippen LogP contribution >= 0.6 is 0 Å². The molecule has 0 bridgehead atoms. The molecule has 6 heteroatoms. The van der Waals surface area contributed by atoms with Crippen LogP contribution in [-0.2, 0) is 4.74 Å². The maximum absolute atomic E-state index is 13.9. The number of carbonyl (C=O) groups excluding carboxylic acids is 2. The Bertz CT molecular complexity index is 1040. The number of fused-ring (bicyclic) bond motifs is 1. The van der Waals surface area contributed by atoms with Crippen molar-refractivity contribution >= 4 is 22.8 Å². The summed E-state index contributed by atoms with van der Waals surface area (Å²) in [5, 5.41) is 0.950. The van der Waals surface area contributed by atoms with E-state index in [0.29, 0.717) is 32.8 Å². The second kappa shape index (κ2) is 8.71. The monoisotopic (exact) mass is 405 g/mol. The molecule has 1 fully saturated rings. The van der Waals surface area contributed by atoms with Gasteiger partial charge in [-0.3, -0.25) is 9.69 Å². The fourth-order valence-electron chi connectivity index (χ4n) is 4.27. The van der Waals surface area contributed by atoms with Crippen LogP contribution < -0.4 is 0 Å². The lowest BCUT2D eigenvalue weighted by Gasteiger charge is -2.38. The number of rotatable bonds is 5. The Kier molecular flexibility index (Phi) is 5.86. The Morgan fingerprint density at radius 2 is 1.67 bits per heavy atom. The number of nitrogens with zero attached hydrogens (tertiary/aromatic N) is 2. The predicted molar refractivity (Wildman–Crippen MR) is 117 cm³/mol. The number of para-hydroxylation sites is 1. The first-order chi connectivity index (χ1) is 14.6. The average molecular weight is 405 g/mol. The number of nitrogens with one attached hydrogen (secondary N) is 1. The summed E-state index contributed by atoms with van der Waals surface area (Å²) in [6, 6.07) is 17.4. The van der Waals surface area contributed by atoms with Gasteiger partial charge in [0.1, 0.15) is 0 Å². The molecule has 1 atom stereocenters. The number of hydrogen-bond acceptors (Lipinski definition) is 4. The maximum atomic E-state index is 13.9. The van der Waals surface area contributed by atoms with Gasteiger partial charge in [0.2, 0.25) is 0 Å². The minimum Gasteiger partial charge on any atom is -0.450 e. The van der Waals surface area contributed by atoms with Crippen LogP contribution in [-0.4, -0.2) is 59.4 Å². The molecule has 1 saturated heterocycles. The molecule has 2 heterocycles. The quantitative estimate of drug-likeness (QED) is 0.647. The van der Waals surface area contributed by atoms with Crippen LogP contribution in [0.3, 0.4) is 0 Å². The standard InChI is InChI=1S/C24H27N3O3/c1-3-30-24(29)27-15-13-26(14-16-27)22(18-9-5-4-6-10-18)23(28)21-17(2)25-20-12-8-7-11-19(20)21/h4-12,22,25H,3,13-16H2,1-2H3/t22-/m0/s1. The van der Waals surface area contributed by atoms with Gasteiger partial charge >= 0.3 is 6.09 Å². The van der Waals surface area contributed by atoms with E-state index in [4.69, 9.17) is 4.74 Å². The van der Waals surface area contributed by atoms with E-state index in [-0.39, 0.29) is 11.9 Å². The van der Waals surface area contributed by atoms with Crippen molar-refractivity contribution in [1.82, 2.24) is 14.8 Å². The molecule has 1 aromatic heterocycles. The summed E-state index contributed by atoms with van der Waals surface area (Å²) in [5.41, 5.74) is 3.56. The Balaban J connectivity index is 1.66. The van der Waals surface area contributed by atoms with Gasteiger partial charge in [0.25, 0.3) is 0 Å². The lowest BCUT2D eigenvalue weighted by Crippen LogP contribution is -2.51. The highest BCUT2D eigenvalue weighted by Gasteiger charge is 2.34. The molecular weight excluding hydrogens is 378 g/mol. The van der Waals surface area contributed by atoms with Gasteiger partial charge in [0.15, 0.2) is 5.78 Å². The van der Waals surface area contributed by atoms with E-state index in [0.717, 1.165) is 27.7 Å². The third kappa shape index (κ3) is 3.83. The number of benzene rings is 2. The number of aromatic nitrogens is 1. The number of piperazine rings is 1. The van der Waals surface area contributed by atoms with Crippen molar-refractivity contribution in [2.75, 3.05) is 32.8 Å². The molecule has 0 unspecified atom stereocenters. The van der Waals surface area contributed by atoms with Crippen LogP contribution in [0, 0.1) is 6.92 Å². The first-order valence-corrected chi connectivity index (χ1v) is 10.4. The van der Waals surface area contributed by atoms with E-state index in [9.17, 15) is 9.59 Å². The molecule has 0 aliphatic carbocycles. The summed E-state index contributed by atoms with van der Waals surface area (Å²) in [6.45, 7) is 6.45. The topological polar surface area (TPSA) is 65.6 Å². The number of carbonyl (C=O) groups is 2. The summed E-state index contributed by atoms with van der Waals surface area (Å²) in [4.78, 5) is 33.2. The molecule has 3 aromatic rings. The lowest BCUT2D eigenvalue weighted by atomic mass is 9.93. The van der Waals surface area contributed by atoms with Crippen LogP contribution in [0.5, 0.6) is 0 Å². The smallest absolute Gasteiger partial charge is 0.409 e. The molecule has 0 saturated carbocycles. The van der Waals surface area contributed by atoms with Crippen molar-refractivity contribution in [1.29, 1.82) is 0 Å². The zero-order valence-corrected chi connectivity index (χ0v) is 17.4. The van der Waals surface area contributed by atoms with E-state index in [2.05, 4.69) is 9.88 Å². The van der Waals surface area contributed by atoms with Gasteiger partial charge in [-0.15, -0.1) is 0 Å². The van der Waals surface area contributed by atoms with Crippen LogP contribution in [0.2, 0.25) is 0 Å². The molecule has 2 aromatic carbocycles. The molecule has 1 aliphatic rings. The van der Waals surface area contributed by atoms with Gasteiger partial charge in [-0.05, 0) is 25.5 Å². The molecular formula is C24H27N3O3. The van der Waals surface area contributed by atoms with Crippen molar-refractivity contribution in [3.63, 3.8) is 0 Å². The number of amides is 1. The largest absolute Gasteiger partial charge is 0.450 e. The third-order valence-corrected chi connectivity index (χ3v) is 5.71. The van der Waals surface area contributed by atoms with E-state index >= 15 is 0 Å². The molecule has 1 amide bonds. The fourth-order valence-corrected chi connectivity index (χ4v) is 4.27. The van der Waals surface area contributed by atoms with Crippen molar-refractivity contribution in [3.8, 4) is 0 Å². The van der Waals surface area contributed by atoms with Crippen molar-refractivity contribution in [3.05, 3.63) is 71.4 Å². The first-order valence-electron chi connectivity index (χ1n) is 10.4. The highest BCUT2D eigenvalue weighted by molar-refractivity contribution is 6.11. The van der Waals surface area contributed by atoms with Crippen LogP contribution in [0.1, 0.15) is 34.6 Å². The number of ether oxygens (including phenoxy) is 1. The van der Waals surface area contributed by atoms with Gasteiger partial charge in [-0.25, -0.2) is 4.79 Å². The normalized spacial score (nSPS) is 15.9. The summed E-state index contributed by atoms with van der Waals surface area (Å²) >= 11 is 0. The zero-order chi connectivity index (χ0) is 21.1. The van der Waals surface area contributed by atoms with Gasteiger partial charge in [0.05, 0.1) is 12.6 Å². The zero-order valence-electron chi connectivity index (χ0n) is 17.4. The first kappa shape index (κ1) is 20.2. The Labute approximate surface area is 176 Å². The highest BCUT2D eigenvalue weighted by Crippen LogP contribution is 2.31. The van der Waals surface area contributed by atoms with Gasteiger partial charge in [0, 0.05) is 48.3 Å². The van der Waals surface area contributed by atoms with E-state index in [1.807, 2.05) is 68.4 Å². The van der Waals surface area contributed by atoms with Gasteiger partial charge in [-0.2, -0.15) is 0 Å². The average Bonchev–Trinajstić information content (AvgIpc) is 3.11. The second-order valence-corrected chi connectivity index (χ2v) is 7.57. The SMILES string of the molecule is CCOC(=O)N1CCN([C@H](C(=O)c2c(C)[nH]c3ccccc23)c2ccccc2)CC1. The molecule has 6 nitrogen and oxygen atoms in total. The summed E-state index contributed by atoms with van der Waals surface area (Å²) in [5.74, 6) is 0.0840. The Morgan fingerprint density at radius 1 is 1.00 bits per heavy atom. The van der Waals surface area contributed by atoms with E-state index in [1.165, 1.54) is 0 Å². The molecule has 0 spiro atoms. The minimum atomic E-state index is -0.395. The Hall–Kier alpha value is -3.12. The van der Waals surface area contributed by atoms with Crippen LogP contribution in [0.4, 0.5) is 4.79 Å². The summed E-state index contributed by atoms with van der Waals surface area (Å²) in [7, 11) is 0. The molecule has 1 N–H and O–H groups in total. The summed E-state index contributed by atoms with van der Waals surface area (Å²) < 4.78 is 5.13. The van der Waals surface area contributed by atoms with Crippen LogP contribution in [0.25, 0.3) is 10.9 Å². The number of H-pyrrole nitrogens is 1. The van der Waals surface area contributed by atoms with Gasteiger partial charge < -0.3 is 14.6 Å². The number of hydrogen-bond donors (Lipinski definition) is 1. The minimum absolute atomic E-state index is 0.0840. The second-order valence-electron chi connectivity index (χ2n) is 7.57. The molecule has 0 radical (unpaired) electrons. The number of ketones is 1. The van der Waals surface area contributed by atoms with E-state index < -0.39 is 6.04 Å². The van der Waals surface area contributed by atoms with E-state index in [1.54, 1.807) is 4.90 Å². The lowest BCUT2D eigenvalue weighted by molar-refractivity contribution is 0.0575. The third-order valence-electron chi connectivity index (χ3n) is 5.71. The maximum Gasteiger partial charge on any atom is 0.409 e. The number of Topliss-reactive ketones (excluding diaryl/α,β-unsaturated/α-hetero) is 1. The van der Waals surface area contributed by atoms with Crippen LogP contribution in [0.15, 0.2) is 54.6 Å². The number of aryl methyl sites for hydroxylation is 1. The fraction of sp³-hybridized carbons (Fsp3) is 0.333. The predicted octanol–water partition coefficient (Wildman–Crippen LogP) is 4.17. The highest BCUT2D eigenvalue weighted by atomic mass is 16.6. The van der Waals surface area contributed by atoms with Crippen molar-refractivity contribution in [2.45, 2.75) is 19.9 Å². The van der Waals surface area contributed by atoms with Gasteiger partial charge in [-0.1, -0.05) is 48.5 Å². The summed E-state index contributed by atoms with van der Waals surface area (Å²) in [6.07, 6.45) is -0.285. The van der Waals surface area contributed by atoms with Crippen molar-refractivity contribution < 1.29 is 14.3 Å². The molecule has 1 aliphatic heterocycles. The Morgan fingerprint density at radius 3 is 2.37 bits per heavy atom. The molecule has 4 rings (SSSR count). The molecule has 156 valence electrons.